The number of fused-ring (bicyclic) bond motifs is 7. The fraction of sp³-hybridized carbons (Fsp3) is 0.200. The second-order valence-corrected chi connectivity index (χ2v) is 12.2. The summed E-state index contributed by atoms with van der Waals surface area (Å²) in [6.07, 6.45) is 11.1. The fourth-order valence-corrected chi connectivity index (χ4v) is 6.63. The molecule has 0 saturated carbocycles. The van der Waals surface area contributed by atoms with Crippen molar-refractivity contribution >= 4 is 35.7 Å². The van der Waals surface area contributed by atoms with Crippen molar-refractivity contribution in [2.75, 3.05) is 38.0 Å². The third-order valence-corrected chi connectivity index (χ3v) is 9.06. The van der Waals surface area contributed by atoms with Crippen LogP contribution >= 0.6 is 0 Å². The first-order chi connectivity index (χ1) is 21.5. The van der Waals surface area contributed by atoms with E-state index in [0.29, 0.717) is 0 Å². The standard InChI is InChI=1S/C40H40N4/c1-41(2)33-19-11-29(12-20-33)15-23-35-7-5-9-37-39-31(25-27-43(35)37)17-18-32-26-28-44-36(8-6-10-38(44)40(32)39)24-16-30-13-21-34(22-14-30)42(3)4/h5-24H,25-28H2,1-4H3/q+2. The van der Waals surface area contributed by atoms with Gasteiger partial charge in [0, 0.05) is 88.8 Å². The molecule has 7 rings (SSSR count). The highest BCUT2D eigenvalue weighted by atomic mass is 15.1. The summed E-state index contributed by atoms with van der Waals surface area (Å²) in [6.45, 7) is 1.97. The van der Waals surface area contributed by atoms with Crippen LogP contribution in [0.15, 0.2) is 97.1 Å². The summed E-state index contributed by atoms with van der Waals surface area (Å²) in [4.78, 5) is 4.27. The van der Waals surface area contributed by atoms with Gasteiger partial charge >= 0.3 is 0 Å². The molecule has 2 aliphatic heterocycles. The van der Waals surface area contributed by atoms with Crippen molar-refractivity contribution in [3.05, 3.63) is 131 Å². The zero-order valence-electron chi connectivity index (χ0n) is 26.2. The molecule has 44 heavy (non-hydrogen) atoms. The van der Waals surface area contributed by atoms with Crippen LogP contribution in [0.4, 0.5) is 11.4 Å². The Bertz CT molecular complexity index is 1750. The average Bonchev–Trinajstić information content (AvgIpc) is 3.06. The summed E-state index contributed by atoms with van der Waals surface area (Å²) >= 11 is 0. The maximum absolute atomic E-state index is 2.51. The van der Waals surface area contributed by atoms with Gasteiger partial charge in [0.25, 0.3) is 0 Å². The lowest BCUT2D eigenvalue weighted by molar-refractivity contribution is -0.691. The Morgan fingerprint density at radius 3 is 1.27 bits per heavy atom. The predicted octanol–water partition coefficient (Wildman–Crippen LogP) is 7.18. The highest BCUT2D eigenvalue weighted by molar-refractivity contribution is 5.84. The van der Waals surface area contributed by atoms with Gasteiger partial charge in [0.05, 0.1) is 11.1 Å². The summed E-state index contributed by atoms with van der Waals surface area (Å²) in [5.41, 5.74) is 15.6. The van der Waals surface area contributed by atoms with Gasteiger partial charge in [-0.25, -0.2) is 0 Å². The van der Waals surface area contributed by atoms with Crippen molar-refractivity contribution in [1.82, 2.24) is 0 Å². The molecule has 4 nitrogen and oxygen atoms in total. The van der Waals surface area contributed by atoms with E-state index in [4.69, 9.17) is 0 Å². The number of hydrogen-bond donors (Lipinski definition) is 0. The maximum Gasteiger partial charge on any atom is 0.214 e. The molecule has 5 aromatic rings. The van der Waals surface area contributed by atoms with E-state index in [-0.39, 0.29) is 0 Å². The van der Waals surface area contributed by atoms with Crippen LogP contribution < -0.4 is 18.9 Å². The fourth-order valence-electron chi connectivity index (χ4n) is 6.63. The Morgan fingerprint density at radius 1 is 0.477 bits per heavy atom. The number of aryl methyl sites for hydroxylation is 2. The van der Waals surface area contributed by atoms with Crippen molar-refractivity contribution in [3.8, 4) is 22.5 Å². The molecule has 2 aromatic heterocycles. The zero-order valence-corrected chi connectivity index (χ0v) is 26.2. The van der Waals surface area contributed by atoms with E-state index in [1.165, 1.54) is 67.5 Å². The summed E-state index contributed by atoms with van der Waals surface area (Å²) < 4.78 is 5.01. The van der Waals surface area contributed by atoms with Crippen molar-refractivity contribution in [2.45, 2.75) is 25.9 Å². The van der Waals surface area contributed by atoms with Gasteiger partial charge in [0.1, 0.15) is 0 Å². The molecule has 4 heterocycles. The van der Waals surface area contributed by atoms with Crippen molar-refractivity contribution in [2.24, 2.45) is 0 Å². The first kappa shape index (κ1) is 27.8. The van der Waals surface area contributed by atoms with Gasteiger partial charge in [-0.15, -0.1) is 0 Å². The molecule has 218 valence electrons. The van der Waals surface area contributed by atoms with Gasteiger partial charge < -0.3 is 9.80 Å². The summed E-state index contributed by atoms with van der Waals surface area (Å²) in [6, 6.07) is 35.8. The lowest BCUT2D eigenvalue weighted by Crippen LogP contribution is -2.45. The number of benzene rings is 3. The molecule has 0 radical (unpaired) electrons. The molecule has 3 aromatic carbocycles. The SMILES string of the molecule is CN(C)c1ccc(/C=C/c2cccc3[n+]2CCc2ccc4c(c2-3)-c2cccc(/C=C/c3ccc(N(C)C)cc3)[n+]2CC4)cc1. The Balaban J connectivity index is 1.26. The molecule has 0 aliphatic carbocycles. The minimum atomic E-state index is 0.983. The normalized spacial score (nSPS) is 13.4. The summed E-state index contributed by atoms with van der Waals surface area (Å²) in [7, 11) is 8.31. The number of anilines is 2. The quantitative estimate of drug-likeness (QED) is 0.199. The molecule has 0 N–H and O–H groups in total. The van der Waals surface area contributed by atoms with Gasteiger partial charge in [-0.05, 0) is 70.8 Å². The van der Waals surface area contributed by atoms with Crippen LogP contribution in [0.5, 0.6) is 0 Å². The van der Waals surface area contributed by atoms with E-state index in [1.54, 1.807) is 0 Å². The van der Waals surface area contributed by atoms with E-state index < -0.39 is 0 Å². The van der Waals surface area contributed by atoms with Crippen molar-refractivity contribution in [3.63, 3.8) is 0 Å². The van der Waals surface area contributed by atoms with Crippen molar-refractivity contribution < 1.29 is 9.13 Å². The second-order valence-electron chi connectivity index (χ2n) is 12.2. The van der Waals surface area contributed by atoms with Crippen LogP contribution in [0.3, 0.4) is 0 Å². The highest BCUT2D eigenvalue weighted by Gasteiger charge is 2.34. The lowest BCUT2D eigenvalue weighted by Gasteiger charge is -2.23. The Morgan fingerprint density at radius 2 is 0.886 bits per heavy atom. The molecule has 0 unspecified atom stereocenters. The van der Waals surface area contributed by atoms with Gasteiger partial charge in [-0.3, -0.25) is 0 Å². The Kier molecular flexibility index (Phi) is 7.35. The average molecular weight is 577 g/mol. The van der Waals surface area contributed by atoms with Crippen LogP contribution in [-0.2, 0) is 25.9 Å². The van der Waals surface area contributed by atoms with Crippen LogP contribution in [-0.4, -0.2) is 28.2 Å². The van der Waals surface area contributed by atoms with E-state index in [9.17, 15) is 0 Å². The minimum absolute atomic E-state index is 0.983. The molecule has 0 amide bonds. The molecule has 0 saturated heterocycles. The van der Waals surface area contributed by atoms with Crippen LogP contribution in [0.25, 0.3) is 46.8 Å². The van der Waals surface area contributed by atoms with E-state index in [0.717, 1.165) is 25.9 Å². The first-order valence-electron chi connectivity index (χ1n) is 15.6. The smallest absolute Gasteiger partial charge is 0.214 e. The third-order valence-electron chi connectivity index (χ3n) is 9.06. The topological polar surface area (TPSA) is 14.2 Å². The van der Waals surface area contributed by atoms with Crippen molar-refractivity contribution in [1.29, 1.82) is 0 Å². The monoisotopic (exact) mass is 576 g/mol. The Labute approximate surface area is 261 Å². The van der Waals surface area contributed by atoms with Crippen LogP contribution in [0.2, 0.25) is 0 Å². The van der Waals surface area contributed by atoms with Crippen LogP contribution in [0.1, 0.15) is 33.6 Å². The highest BCUT2D eigenvalue weighted by Crippen LogP contribution is 2.39. The molecule has 2 aliphatic rings. The number of pyridine rings is 2. The lowest BCUT2D eigenvalue weighted by atomic mass is 9.85. The number of nitrogens with zero attached hydrogens (tertiary/aromatic N) is 4. The third kappa shape index (κ3) is 5.22. The van der Waals surface area contributed by atoms with E-state index in [2.05, 4.69) is 168 Å². The van der Waals surface area contributed by atoms with Gasteiger partial charge in [-0.2, -0.15) is 9.13 Å². The second kappa shape index (κ2) is 11.6. The van der Waals surface area contributed by atoms with Gasteiger partial charge in [0.15, 0.2) is 13.1 Å². The summed E-state index contributed by atoms with van der Waals surface area (Å²) in [5, 5.41) is 0. The number of hydrogen-bond acceptors (Lipinski definition) is 2. The maximum atomic E-state index is 2.51. The zero-order chi connectivity index (χ0) is 30.2. The van der Waals surface area contributed by atoms with Crippen LogP contribution in [0, 0.1) is 0 Å². The molecule has 0 fully saturated rings. The molecule has 0 spiro atoms. The van der Waals surface area contributed by atoms with Gasteiger partial charge in [0.2, 0.25) is 22.8 Å². The number of aromatic nitrogens is 2. The van der Waals surface area contributed by atoms with Gasteiger partial charge in [-0.1, -0.05) is 36.4 Å². The first-order valence-corrected chi connectivity index (χ1v) is 15.6. The predicted molar refractivity (Wildman–Crippen MR) is 185 cm³/mol. The molecular weight excluding hydrogens is 536 g/mol. The Hall–Kier alpha value is -4.96. The largest absolute Gasteiger partial charge is 0.378 e. The van der Waals surface area contributed by atoms with E-state index in [1.807, 2.05) is 0 Å². The number of rotatable bonds is 6. The molecule has 0 atom stereocenters. The molecule has 0 bridgehead atoms. The molecular formula is C40H40N4+2. The van der Waals surface area contributed by atoms with E-state index >= 15 is 0 Å². The summed E-state index contributed by atoms with van der Waals surface area (Å²) in [5.74, 6) is 0. The molecule has 4 heteroatoms. The minimum Gasteiger partial charge on any atom is -0.378 e.